The first-order valence-electron chi connectivity index (χ1n) is 8.26. The first-order valence-corrected chi connectivity index (χ1v) is 8.26. The molecule has 0 aromatic carbocycles. The molecule has 1 aliphatic heterocycles. The van der Waals surface area contributed by atoms with Crippen molar-refractivity contribution in [3.8, 4) is 0 Å². The van der Waals surface area contributed by atoms with Crippen LogP contribution >= 0.6 is 0 Å². The van der Waals surface area contributed by atoms with Crippen molar-refractivity contribution in [1.29, 1.82) is 0 Å². The van der Waals surface area contributed by atoms with E-state index in [1.165, 1.54) is 44.9 Å². The Hall–Kier alpha value is -0.770. The van der Waals surface area contributed by atoms with E-state index in [1.54, 1.807) is 0 Å². The fourth-order valence-corrected chi connectivity index (χ4v) is 3.77. The molecular formula is C16H32N4. The lowest BCUT2D eigenvalue weighted by Gasteiger charge is -2.44. The molecule has 0 aromatic heterocycles. The maximum absolute atomic E-state index is 6.22. The van der Waals surface area contributed by atoms with Gasteiger partial charge in [-0.15, -0.1) is 0 Å². The van der Waals surface area contributed by atoms with Gasteiger partial charge in [-0.25, -0.2) is 0 Å². The smallest absolute Gasteiger partial charge is 0.191 e. The van der Waals surface area contributed by atoms with Gasteiger partial charge in [0.2, 0.25) is 0 Å². The van der Waals surface area contributed by atoms with Crippen molar-refractivity contribution in [1.82, 2.24) is 9.80 Å². The van der Waals surface area contributed by atoms with Gasteiger partial charge in [-0.3, -0.25) is 4.99 Å². The SMILES string of the molecule is CC1CCCC(CN=C(N)N2CCCCC2)(N(C)C)C1. The van der Waals surface area contributed by atoms with E-state index in [-0.39, 0.29) is 5.54 Å². The van der Waals surface area contributed by atoms with Crippen molar-refractivity contribution >= 4 is 5.96 Å². The van der Waals surface area contributed by atoms with Gasteiger partial charge in [0.15, 0.2) is 5.96 Å². The minimum Gasteiger partial charge on any atom is -0.370 e. The predicted octanol–water partition coefficient (Wildman–Crippen LogP) is 2.30. The molecule has 4 heteroatoms. The van der Waals surface area contributed by atoms with Gasteiger partial charge in [0, 0.05) is 18.6 Å². The van der Waals surface area contributed by atoms with Gasteiger partial charge >= 0.3 is 0 Å². The molecule has 0 aromatic rings. The molecule has 2 atom stereocenters. The Morgan fingerprint density at radius 3 is 2.55 bits per heavy atom. The molecule has 2 rings (SSSR count). The number of nitrogens with zero attached hydrogens (tertiary/aromatic N) is 3. The van der Waals surface area contributed by atoms with Crippen LogP contribution < -0.4 is 5.73 Å². The Balaban J connectivity index is 2.00. The van der Waals surface area contributed by atoms with Crippen molar-refractivity contribution in [3.05, 3.63) is 0 Å². The number of likely N-dealkylation sites (N-methyl/N-ethyl adjacent to an activating group) is 1. The van der Waals surface area contributed by atoms with Crippen LogP contribution in [0.2, 0.25) is 0 Å². The Bertz CT molecular complexity index is 333. The molecule has 4 nitrogen and oxygen atoms in total. The van der Waals surface area contributed by atoms with E-state index in [0.717, 1.165) is 31.5 Å². The molecule has 1 aliphatic carbocycles. The van der Waals surface area contributed by atoms with Crippen LogP contribution in [0.25, 0.3) is 0 Å². The summed E-state index contributed by atoms with van der Waals surface area (Å²) in [6.45, 7) is 5.39. The highest BCUT2D eigenvalue weighted by atomic mass is 15.3. The summed E-state index contributed by atoms with van der Waals surface area (Å²) >= 11 is 0. The summed E-state index contributed by atoms with van der Waals surface area (Å²) in [7, 11) is 4.40. The van der Waals surface area contributed by atoms with Crippen LogP contribution in [0.3, 0.4) is 0 Å². The zero-order valence-corrected chi connectivity index (χ0v) is 13.6. The standard InChI is InChI=1S/C16H32N4/c1-14-8-7-9-16(12-14,19(2)3)13-18-15(17)20-10-5-4-6-11-20/h14H,4-13H2,1-3H3,(H2,17,18). The second-order valence-corrected chi connectivity index (χ2v) is 7.04. The van der Waals surface area contributed by atoms with E-state index < -0.39 is 0 Å². The minimum absolute atomic E-state index is 0.220. The minimum atomic E-state index is 0.220. The zero-order chi connectivity index (χ0) is 14.6. The molecule has 1 saturated carbocycles. The van der Waals surface area contributed by atoms with Crippen molar-refractivity contribution in [3.63, 3.8) is 0 Å². The number of likely N-dealkylation sites (tertiary alicyclic amines) is 1. The van der Waals surface area contributed by atoms with Gasteiger partial charge in [0.05, 0.1) is 6.54 Å². The molecule has 116 valence electrons. The zero-order valence-electron chi connectivity index (χ0n) is 13.6. The van der Waals surface area contributed by atoms with Crippen LogP contribution in [0, 0.1) is 5.92 Å². The molecule has 0 amide bonds. The summed E-state index contributed by atoms with van der Waals surface area (Å²) < 4.78 is 0. The molecule has 2 N–H and O–H groups in total. The topological polar surface area (TPSA) is 44.9 Å². The van der Waals surface area contributed by atoms with Crippen LogP contribution in [0.1, 0.15) is 51.9 Å². The normalized spacial score (nSPS) is 32.7. The van der Waals surface area contributed by atoms with E-state index in [9.17, 15) is 0 Å². The molecule has 2 aliphatic rings. The summed E-state index contributed by atoms with van der Waals surface area (Å²) in [5.41, 5.74) is 6.44. The van der Waals surface area contributed by atoms with Gasteiger partial charge in [-0.2, -0.15) is 0 Å². The molecule has 0 bridgehead atoms. The number of aliphatic imine (C=N–C) groups is 1. The van der Waals surface area contributed by atoms with Crippen LogP contribution in [0.5, 0.6) is 0 Å². The summed E-state index contributed by atoms with van der Waals surface area (Å²) in [6, 6.07) is 0. The Kier molecular flexibility index (Phi) is 5.30. The molecule has 1 saturated heterocycles. The first kappa shape index (κ1) is 15.6. The average molecular weight is 280 g/mol. The lowest BCUT2D eigenvalue weighted by atomic mass is 9.75. The monoisotopic (exact) mass is 280 g/mol. The average Bonchev–Trinajstić information content (AvgIpc) is 2.45. The van der Waals surface area contributed by atoms with Crippen molar-refractivity contribution < 1.29 is 0 Å². The molecule has 2 unspecified atom stereocenters. The highest BCUT2D eigenvalue weighted by Crippen LogP contribution is 2.35. The summed E-state index contributed by atoms with van der Waals surface area (Å²) in [4.78, 5) is 9.43. The van der Waals surface area contributed by atoms with Crippen molar-refractivity contribution in [2.45, 2.75) is 57.4 Å². The Morgan fingerprint density at radius 2 is 1.95 bits per heavy atom. The number of rotatable bonds is 3. The maximum Gasteiger partial charge on any atom is 0.191 e. The van der Waals surface area contributed by atoms with Crippen LogP contribution in [0.15, 0.2) is 4.99 Å². The number of hydrogen-bond acceptors (Lipinski definition) is 2. The predicted molar refractivity (Wildman–Crippen MR) is 86.0 cm³/mol. The fraction of sp³-hybridized carbons (Fsp3) is 0.938. The number of hydrogen-bond donors (Lipinski definition) is 1. The molecule has 2 fully saturated rings. The van der Waals surface area contributed by atoms with Crippen molar-refractivity contribution in [2.24, 2.45) is 16.6 Å². The van der Waals surface area contributed by atoms with Gasteiger partial charge in [0.25, 0.3) is 0 Å². The second kappa shape index (κ2) is 6.79. The number of guanidine groups is 1. The van der Waals surface area contributed by atoms with E-state index in [2.05, 4.69) is 30.8 Å². The quantitative estimate of drug-likeness (QED) is 0.637. The third kappa shape index (κ3) is 3.66. The van der Waals surface area contributed by atoms with Crippen LogP contribution in [0.4, 0.5) is 0 Å². The van der Waals surface area contributed by atoms with E-state index in [4.69, 9.17) is 10.7 Å². The van der Waals surface area contributed by atoms with Gasteiger partial charge in [0.1, 0.15) is 0 Å². The maximum atomic E-state index is 6.22. The fourth-order valence-electron chi connectivity index (χ4n) is 3.77. The molecule has 20 heavy (non-hydrogen) atoms. The van der Waals surface area contributed by atoms with E-state index >= 15 is 0 Å². The third-order valence-corrected chi connectivity index (χ3v) is 5.23. The second-order valence-electron chi connectivity index (χ2n) is 7.04. The Labute approximate surface area is 124 Å². The first-order chi connectivity index (χ1) is 9.53. The number of piperidine rings is 1. The van der Waals surface area contributed by atoms with Crippen LogP contribution in [-0.4, -0.2) is 55.0 Å². The van der Waals surface area contributed by atoms with Gasteiger partial charge in [-0.1, -0.05) is 19.8 Å². The van der Waals surface area contributed by atoms with Gasteiger partial charge in [-0.05, 0) is 52.1 Å². The van der Waals surface area contributed by atoms with E-state index in [0.29, 0.717) is 0 Å². The molecule has 0 radical (unpaired) electrons. The lowest BCUT2D eigenvalue weighted by molar-refractivity contribution is 0.0842. The van der Waals surface area contributed by atoms with E-state index in [1.807, 2.05) is 0 Å². The van der Waals surface area contributed by atoms with Crippen LogP contribution in [-0.2, 0) is 0 Å². The largest absolute Gasteiger partial charge is 0.370 e. The number of nitrogens with two attached hydrogens (primary N) is 1. The highest BCUT2D eigenvalue weighted by molar-refractivity contribution is 5.78. The summed E-state index contributed by atoms with van der Waals surface area (Å²) in [5.74, 6) is 1.57. The summed E-state index contributed by atoms with van der Waals surface area (Å²) in [5, 5.41) is 0. The lowest BCUT2D eigenvalue weighted by Crippen LogP contribution is -2.51. The molecular weight excluding hydrogens is 248 g/mol. The third-order valence-electron chi connectivity index (χ3n) is 5.23. The summed E-state index contributed by atoms with van der Waals surface area (Å²) in [6.07, 6.45) is 9.03. The molecule has 1 heterocycles. The highest BCUT2D eigenvalue weighted by Gasteiger charge is 2.36. The molecule has 0 spiro atoms. The Morgan fingerprint density at radius 1 is 1.25 bits per heavy atom. The van der Waals surface area contributed by atoms with Crippen molar-refractivity contribution in [2.75, 3.05) is 33.7 Å². The van der Waals surface area contributed by atoms with Gasteiger partial charge < -0.3 is 15.5 Å².